The van der Waals surface area contributed by atoms with E-state index in [2.05, 4.69) is 0 Å². The van der Waals surface area contributed by atoms with Gasteiger partial charge in [-0.05, 0) is 30.0 Å². The van der Waals surface area contributed by atoms with Gasteiger partial charge in [-0.3, -0.25) is 4.79 Å². The van der Waals surface area contributed by atoms with Crippen molar-refractivity contribution in [1.29, 1.82) is 0 Å². The van der Waals surface area contributed by atoms with Crippen LogP contribution in [0.4, 0.5) is 4.79 Å². The normalized spacial score (nSPS) is 19.8. The van der Waals surface area contributed by atoms with Crippen LogP contribution in [0, 0.1) is 11.8 Å². The zero-order valence-electron chi connectivity index (χ0n) is 12.5. The van der Waals surface area contributed by atoms with Gasteiger partial charge >= 0.3 is 6.09 Å². The molecule has 2 amide bonds. The molecule has 1 unspecified atom stereocenters. The number of ether oxygens (including phenoxy) is 1. The fourth-order valence-electron chi connectivity index (χ4n) is 2.48. The number of hydrogen-bond donors (Lipinski definition) is 0. The lowest BCUT2D eigenvalue weighted by molar-refractivity contribution is -0.133. The summed E-state index contributed by atoms with van der Waals surface area (Å²) in [6.45, 7) is 6.09. The van der Waals surface area contributed by atoms with Gasteiger partial charge in [0, 0.05) is 10.9 Å². The molecule has 2 atom stereocenters. The quantitative estimate of drug-likeness (QED) is 0.855. The second-order valence-electron chi connectivity index (χ2n) is 5.83. The van der Waals surface area contributed by atoms with Crippen LogP contribution >= 0.6 is 11.6 Å². The highest BCUT2D eigenvalue weighted by Crippen LogP contribution is 2.23. The molecule has 1 saturated heterocycles. The van der Waals surface area contributed by atoms with Gasteiger partial charge < -0.3 is 4.74 Å². The van der Waals surface area contributed by atoms with Gasteiger partial charge in [-0.1, -0.05) is 44.5 Å². The number of halogens is 1. The average molecular weight is 310 g/mol. The molecule has 0 spiro atoms. The van der Waals surface area contributed by atoms with Crippen molar-refractivity contribution < 1.29 is 14.3 Å². The molecule has 1 heterocycles. The van der Waals surface area contributed by atoms with Gasteiger partial charge in [-0.2, -0.15) is 0 Å². The van der Waals surface area contributed by atoms with Crippen molar-refractivity contribution in [3.05, 3.63) is 34.9 Å². The topological polar surface area (TPSA) is 46.6 Å². The van der Waals surface area contributed by atoms with E-state index in [0.717, 1.165) is 5.56 Å². The number of cyclic esters (lactones) is 1. The Morgan fingerprint density at radius 2 is 1.95 bits per heavy atom. The molecule has 0 saturated carbocycles. The highest BCUT2D eigenvalue weighted by molar-refractivity contribution is 6.30. The van der Waals surface area contributed by atoms with Gasteiger partial charge in [0.05, 0.1) is 6.04 Å². The summed E-state index contributed by atoms with van der Waals surface area (Å²) in [5.41, 5.74) is 1.02. The first-order chi connectivity index (χ1) is 9.90. The van der Waals surface area contributed by atoms with Gasteiger partial charge in [0.1, 0.15) is 6.61 Å². The fourth-order valence-corrected chi connectivity index (χ4v) is 2.60. The maximum atomic E-state index is 12.5. The highest BCUT2D eigenvalue weighted by Gasteiger charge is 2.40. The molecule has 1 fully saturated rings. The van der Waals surface area contributed by atoms with E-state index in [9.17, 15) is 9.59 Å². The highest BCUT2D eigenvalue weighted by atomic mass is 35.5. The average Bonchev–Trinajstić information content (AvgIpc) is 2.82. The Balaban J connectivity index is 2.07. The molecule has 0 aromatic heterocycles. The number of hydrogen-bond acceptors (Lipinski definition) is 3. The standard InChI is InChI=1S/C16H20ClNO3/c1-10(2)14-9-21-16(20)18(14)15(19)11(3)8-12-4-6-13(17)7-5-12/h4-7,10-11,14H,8-9H2,1-3H3/t11-,14?/m1/s1. The first-order valence-corrected chi connectivity index (χ1v) is 7.52. The van der Waals surface area contributed by atoms with Crippen molar-refractivity contribution in [2.75, 3.05) is 6.61 Å². The van der Waals surface area contributed by atoms with E-state index >= 15 is 0 Å². The Hall–Kier alpha value is -1.55. The molecule has 1 aliphatic heterocycles. The van der Waals surface area contributed by atoms with Crippen LogP contribution in [0.1, 0.15) is 26.3 Å². The van der Waals surface area contributed by atoms with E-state index in [1.165, 1.54) is 4.90 Å². The summed E-state index contributed by atoms with van der Waals surface area (Å²) in [7, 11) is 0. The summed E-state index contributed by atoms with van der Waals surface area (Å²) in [6.07, 6.45) is 0.0478. The molecular formula is C16H20ClNO3. The number of nitrogens with zero attached hydrogens (tertiary/aromatic N) is 1. The van der Waals surface area contributed by atoms with Gasteiger partial charge in [0.2, 0.25) is 5.91 Å². The lowest BCUT2D eigenvalue weighted by atomic mass is 9.97. The van der Waals surface area contributed by atoms with Crippen LogP contribution in [0.15, 0.2) is 24.3 Å². The van der Waals surface area contributed by atoms with Crippen molar-refractivity contribution in [3.63, 3.8) is 0 Å². The van der Waals surface area contributed by atoms with Crippen molar-refractivity contribution in [1.82, 2.24) is 4.90 Å². The lowest BCUT2D eigenvalue weighted by Gasteiger charge is -2.25. The third-order valence-corrected chi connectivity index (χ3v) is 4.04. The van der Waals surface area contributed by atoms with Crippen LogP contribution in [0.2, 0.25) is 5.02 Å². The zero-order valence-corrected chi connectivity index (χ0v) is 13.3. The maximum absolute atomic E-state index is 12.5. The molecule has 2 rings (SSSR count). The number of rotatable bonds is 4. The minimum atomic E-state index is -0.526. The first kappa shape index (κ1) is 15.8. The summed E-state index contributed by atoms with van der Waals surface area (Å²) in [6, 6.07) is 7.23. The van der Waals surface area contributed by atoms with Crippen molar-refractivity contribution in [3.8, 4) is 0 Å². The molecule has 1 aromatic carbocycles. The lowest BCUT2D eigenvalue weighted by Crippen LogP contribution is -2.44. The summed E-state index contributed by atoms with van der Waals surface area (Å²) in [5, 5.41) is 0.667. The van der Waals surface area contributed by atoms with E-state index in [0.29, 0.717) is 11.4 Å². The monoisotopic (exact) mass is 309 g/mol. The number of carbonyl (C=O) groups excluding carboxylic acids is 2. The van der Waals surface area contributed by atoms with Gasteiger partial charge in [0.15, 0.2) is 0 Å². The summed E-state index contributed by atoms with van der Waals surface area (Å²) in [4.78, 5) is 25.6. The molecule has 0 N–H and O–H groups in total. The predicted molar refractivity (Wildman–Crippen MR) is 81.1 cm³/mol. The summed E-state index contributed by atoms with van der Waals surface area (Å²) in [5.74, 6) is -0.271. The molecule has 0 aliphatic carbocycles. The molecule has 21 heavy (non-hydrogen) atoms. The maximum Gasteiger partial charge on any atom is 0.416 e. The van der Waals surface area contributed by atoms with Crippen molar-refractivity contribution in [2.45, 2.75) is 33.2 Å². The molecule has 1 aromatic rings. The largest absolute Gasteiger partial charge is 0.447 e. The van der Waals surface area contributed by atoms with Crippen LogP contribution in [0.3, 0.4) is 0 Å². The molecular weight excluding hydrogens is 290 g/mol. The smallest absolute Gasteiger partial charge is 0.416 e. The van der Waals surface area contributed by atoms with Crippen molar-refractivity contribution in [2.24, 2.45) is 11.8 Å². The van der Waals surface area contributed by atoms with Crippen LogP contribution in [-0.4, -0.2) is 29.5 Å². The van der Waals surface area contributed by atoms with Gasteiger partial charge in [-0.25, -0.2) is 9.69 Å². The molecule has 0 bridgehead atoms. The van der Waals surface area contributed by atoms with Crippen LogP contribution in [0.25, 0.3) is 0 Å². The third-order valence-electron chi connectivity index (χ3n) is 3.79. The molecule has 114 valence electrons. The molecule has 4 nitrogen and oxygen atoms in total. The molecule has 1 aliphatic rings. The Morgan fingerprint density at radius 1 is 1.33 bits per heavy atom. The second kappa shape index (κ2) is 6.48. The number of amides is 2. The van der Waals surface area contributed by atoms with Crippen LogP contribution < -0.4 is 0 Å². The van der Waals surface area contributed by atoms with E-state index in [1.807, 2.05) is 32.9 Å². The van der Waals surface area contributed by atoms with E-state index in [1.54, 1.807) is 12.1 Å². The van der Waals surface area contributed by atoms with Crippen molar-refractivity contribution >= 4 is 23.6 Å². The number of benzene rings is 1. The second-order valence-corrected chi connectivity index (χ2v) is 6.26. The SMILES string of the molecule is CC(C)C1COC(=O)N1C(=O)[C@H](C)Cc1ccc(Cl)cc1. The number of carbonyl (C=O) groups is 2. The van der Waals surface area contributed by atoms with E-state index in [4.69, 9.17) is 16.3 Å². The third kappa shape index (κ3) is 3.56. The van der Waals surface area contributed by atoms with E-state index in [-0.39, 0.29) is 30.4 Å². The fraction of sp³-hybridized carbons (Fsp3) is 0.500. The Morgan fingerprint density at radius 3 is 2.52 bits per heavy atom. The van der Waals surface area contributed by atoms with Gasteiger partial charge in [0.25, 0.3) is 0 Å². The van der Waals surface area contributed by atoms with Crippen LogP contribution in [0.5, 0.6) is 0 Å². The summed E-state index contributed by atoms with van der Waals surface area (Å²) >= 11 is 5.85. The minimum Gasteiger partial charge on any atom is -0.447 e. The Kier molecular flexibility index (Phi) is 4.88. The number of imide groups is 1. The first-order valence-electron chi connectivity index (χ1n) is 7.14. The molecule has 0 radical (unpaired) electrons. The Bertz CT molecular complexity index is 527. The minimum absolute atomic E-state index is 0.169. The van der Waals surface area contributed by atoms with Gasteiger partial charge in [-0.15, -0.1) is 0 Å². The summed E-state index contributed by atoms with van der Waals surface area (Å²) < 4.78 is 5.03. The zero-order chi connectivity index (χ0) is 15.6. The van der Waals surface area contributed by atoms with E-state index < -0.39 is 6.09 Å². The van der Waals surface area contributed by atoms with Crippen LogP contribution in [-0.2, 0) is 16.0 Å². The molecule has 5 heteroatoms. The predicted octanol–water partition coefficient (Wildman–Crippen LogP) is 3.52. The Labute approximate surface area is 130 Å².